The molecular weight excluding hydrogens is 436 g/mol. The molecule has 2 amide bonds. The minimum absolute atomic E-state index is 0. The minimum Gasteiger partial charge on any atom is -0.317 e. The number of urea groups is 1. The molecule has 30 heavy (non-hydrogen) atoms. The number of benzene rings is 1. The molecule has 1 aliphatic rings. The smallest absolute Gasteiger partial charge is 0.317 e. The Kier molecular flexibility index (Phi) is 12.8. The van der Waals surface area contributed by atoms with Crippen molar-refractivity contribution in [1.29, 1.82) is 0 Å². The SMILES string of the molecule is C.C.C.C.C[C@H]1Cc2[nH]nc(-c3cccs3)c2CN1C(=O)Nc1cccc(Cl)c1.S. The van der Waals surface area contributed by atoms with Gasteiger partial charge in [-0.1, -0.05) is 53.4 Å². The van der Waals surface area contributed by atoms with Crippen LogP contribution < -0.4 is 5.32 Å². The molecule has 168 valence electrons. The summed E-state index contributed by atoms with van der Waals surface area (Å²) in [5.74, 6) is 0. The maximum atomic E-state index is 12.8. The summed E-state index contributed by atoms with van der Waals surface area (Å²) in [6.45, 7) is 2.58. The Labute approximate surface area is 197 Å². The standard InChI is InChI=1S/C18H17ClN4OS.4CH4.H2S/c1-11-8-15-14(17(22-21-15)16-6-3-7-25-16)10-23(11)18(24)20-13-5-2-4-12(19)9-13;;;;;/h2-7,9,11H,8,10H2,1H3,(H,20,24)(H,21,22);4*1H4;1H2/t11-;;;;;/m0...../s1. The van der Waals surface area contributed by atoms with Gasteiger partial charge in [0.25, 0.3) is 0 Å². The first-order valence-electron chi connectivity index (χ1n) is 8.05. The number of nitrogens with one attached hydrogen (secondary N) is 2. The topological polar surface area (TPSA) is 61.0 Å². The maximum Gasteiger partial charge on any atom is 0.322 e. The Hall–Kier alpha value is -1.96. The van der Waals surface area contributed by atoms with Crippen molar-refractivity contribution in [1.82, 2.24) is 15.1 Å². The van der Waals surface area contributed by atoms with Gasteiger partial charge in [-0.25, -0.2) is 4.79 Å². The highest BCUT2D eigenvalue weighted by Crippen LogP contribution is 2.33. The van der Waals surface area contributed by atoms with Crippen LogP contribution >= 0.6 is 36.4 Å². The van der Waals surface area contributed by atoms with E-state index in [1.54, 1.807) is 23.5 Å². The van der Waals surface area contributed by atoms with Crippen molar-refractivity contribution >= 4 is 48.2 Å². The third kappa shape index (κ3) is 6.03. The fraction of sp³-hybridized carbons (Fsp3) is 0.364. The molecule has 0 bridgehead atoms. The van der Waals surface area contributed by atoms with Gasteiger partial charge < -0.3 is 10.2 Å². The first-order valence-corrected chi connectivity index (χ1v) is 9.31. The van der Waals surface area contributed by atoms with Crippen LogP contribution in [-0.4, -0.2) is 27.2 Å². The summed E-state index contributed by atoms with van der Waals surface area (Å²) >= 11 is 7.65. The number of amides is 2. The number of halogens is 1. The van der Waals surface area contributed by atoms with Gasteiger partial charge in [0.2, 0.25) is 0 Å². The summed E-state index contributed by atoms with van der Waals surface area (Å²) in [5.41, 5.74) is 3.85. The van der Waals surface area contributed by atoms with Crippen molar-refractivity contribution in [3.05, 3.63) is 58.1 Å². The summed E-state index contributed by atoms with van der Waals surface area (Å²) in [6.07, 6.45) is 0.761. The number of hydrogen-bond acceptors (Lipinski definition) is 3. The van der Waals surface area contributed by atoms with E-state index in [1.807, 2.05) is 35.4 Å². The van der Waals surface area contributed by atoms with Crippen LogP contribution in [0.4, 0.5) is 10.5 Å². The molecule has 0 unspecified atom stereocenters. The Morgan fingerprint density at radius 1 is 1.23 bits per heavy atom. The average Bonchev–Trinajstić information content (AvgIpc) is 3.22. The molecule has 3 aromatic rings. The van der Waals surface area contributed by atoms with Crippen LogP contribution in [0.1, 0.15) is 47.9 Å². The second-order valence-corrected chi connectivity index (χ2v) is 7.51. The molecule has 1 aromatic carbocycles. The van der Waals surface area contributed by atoms with E-state index in [9.17, 15) is 4.79 Å². The number of aromatic nitrogens is 2. The average molecular weight is 471 g/mol. The predicted molar refractivity (Wildman–Crippen MR) is 138 cm³/mol. The predicted octanol–water partition coefficient (Wildman–Crippen LogP) is 7.43. The van der Waals surface area contributed by atoms with Crippen molar-refractivity contribution in [3.63, 3.8) is 0 Å². The number of thiophene rings is 1. The molecule has 8 heteroatoms. The van der Waals surface area contributed by atoms with Crippen LogP contribution in [0.3, 0.4) is 0 Å². The number of carbonyl (C=O) groups excluding carboxylic acids is 1. The molecule has 0 fully saturated rings. The molecule has 4 rings (SSSR count). The van der Waals surface area contributed by atoms with Crippen molar-refractivity contribution in [2.75, 3.05) is 5.32 Å². The van der Waals surface area contributed by atoms with E-state index in [1.165, 1.54) is 0 Å². The molecule has 0 radical (unpaired) electrons. The van der Waals surface area contributed by atoms with Crippen LogP contribution in [0, 0.1) is 0 Å². The highest BCUT2D eigenvalue weighted by Gasteiger charge is 2.30. The third-order valence-electron chi connectivity index (χ3n) is 4.40. The number of fused-ring (bicyclic) bond motifs is 1. The van der Waals surface area contributed by atoms with Crippen molar-refractivity contribution in [2.24, 2.45) is 0 Å². The molecule has 0 saturated carbocycles. The summed E-state index contributed by atoms with van der Waals surface area (Å²) in [7, 11) is 0. The second kappa shape index (κ2) is 12.7. The zero-order valence-corrected chi connectivity index (χ0v) is 16.7. The summed E-state index contributed by atoms with van der Waals surface area (Å²) < 4.78 is 0. The maximum absolute atomic E-state index is 12.8. The quantitative estimate of drug-likeness (QED) is 0.409. The molecule has 2 aromatic heterocycles. The number of rotatable bonds is 2. The Balaban J connectivity index is 0. The number of anilines is 1. The number of carbonyl (C=O) groups is 1. The Morgan fingerprint density at radius 3 is 2.60 bits per heavy atom. The Morgan fingerprint density at radius 2 is 1.97 bits per heavy atom. The first kappa shape index (κ1) is 30.2. The van der Waals surface area contributed by atoms with Crippen LogP contribution in [0.2, 0.25) is 5.02 Å². The molecule has 2 N–H and O–H groups in total. The normalized spacial score (nSPS) is 13.8. The van der Waals surface area contributed by atoms with Crippen molar-refractivity contribution < 1.29 is 4.79 Å². The number of nitrogens with zero attached hydrogens (tertiary/aromatic N) is 2. The van der Waals surface area contributed by atoms with E-state index in [0.717, 1.165) is 28.2 Å². The molecule has 0 saturated heterocycles. The lowest BCUT2D eigenvalue weighted by Crippen LogP contribution is -2.44. The molecule has 0 spiro atoms. The summed E-state index contributed by atoms with van der Waals surface area (Å²) in [4.78, 5) is 15.7. The van der Waals surface area contributed by atoms with E-state index in [2.05, 4.69) is 21.6 Å². The second-order valence-electron chi connectivity index (χ2n) is 6.13. The van der Waals surface area contributed by atoms with Crippen molar-refractivity contribution in [3.8, 4) is 10.6 Å². The Bertz CT molecular complexity index is 912. The van der Waals surface area contributed by atoms with Gasteiger partial charge in [0.15, 0.2) is 0 Å². The van der Waals surface area contributed by atoms with E-state index in [4.69, 9.17) is 11.6 Å². The lowest BCUT2D eigenvalue weighted by Gasteiger charge is -2.33. The minimum atomic E-state index is -0.126. The molecule has 1 atom stereocenters. The fourth-order valence-corrected chi connectivity index (χ4v) is 4.05. The molecule has 1 aliphatic heterocycles. The van der Waals surface area contributed by atoms with Gasteiger partial charge in [0.05, 0.1) is 11.4 Å². The lowest BCUT2D eigenvalue weighted by atomic mass is 9.99. The fourth-order valence-electron chi connectivity index (χ4n) is 3.12. The van der Waals surface area contributed by atoms with E-state index in [0.29, 0.717) is 17.3 Å². The number of H-pyrrole nitrogens is 1. The molecule has 5 nitrogen and oxygen atoms in total. The van der Waals surface area contributed by atoms with E-state index in [-0.39, 0.29) is 55.3 Å². The van der Waals surface area contributed by atoms with Gasteiger partial charge in [-0.05, 0) is 36.6 Å². The molecule has 3 heterocycles. The first-order chi connectivity index (χ1) is 12.1. The van der Waals surface area contributed by atoms with Gasteiger partial charge in [0.1, 0.15) is 5.69 Å². The monoisotopic (exact) mass is 470 g/mol. The lowest BCUT2D eigenvalue weighted by molar-refractivity contribution is 0.182. The van der Waals surface area contributed by atoms with Crippen LogP contribution in [0.15, 0.2) is 41.8 Å². The highest BCUT2D eigenvalue weighted by molar-refractivity contribution is 7.59. The van der Waals surface area contributed by atoms with Gasteiger partial charge in [-0.2, -0.15) is 18.6 Å². The number of hydrogen-bond donors (Lipinski definition) is 2. The van der Waals surface area contributed by atoms with Gasteiger partial charge in [-0.3, -0.25) is 5.10 Å². The van der Waals surface area contributed by atoms with Crippen LogP contribution in [0.25, 0.3) is 10.6 Å². The zero-order chi connectivity index (χ0) is 17.4. The zero-order valence-electron chi connectivity index (χ0n) is 14.1. The summed E-state index contributed by atoms with van der Waals surface area (Å²) in [5, 5.41) is 13.2. The highest BCUT2D eigenvalue weighted by atomic mass is 35.5. The summed E-state index contributed by atoms with van der Waals surface area (Å²) in [6, 6.07) is 11.2. The van der Waals surface area contributed by atoms with Gasteiger partial charge >= 0.3 is 6.03 Å². The molecule has 0 aliphatic carbocycles. The van der Waals surface area contributed by atoms with E-state index >= 15 is 0 Å². The van der Waals surface area contributed by atoms with Crippen LogP contribution in [-0.2, 0) is 13.0 Å². The van der Waals surface area contributed by atoms with E-state index < -0.39 is 0 Å². The third-order valence-corrected chi connectivity index (χ3v) is 5.52. The van der Waals surface area contributed by atoms with Gasteiger partial charge in [0, 0.05) is 34.4 Å². The molecular formula is C22H35ClN4OS2. The van der Waals surface area contributed by atoms with Gasteiger partial charge in [-0.15, -0.1) is 11.3 Å². The largest absolute Gasteiger partial charge is 0.322 e. The van der Waals surface area contributed by atoms with Crippen molar-refractivity contribution in [2.45, 2.75) is 55.6 Å². The number of aromatic amines is 1. The van der Waals surface area contributed by atoms with Crippen LogP contribution in [0.5, 0.6) is 0 Å².